The van der Waals surface area contributed by atoms with Crippen molar-refractivity contribution in [1.82, 2.24) is 15.1 Å². The number of halogens is 1. The van der Waals surface area contributed by atoms with Crippen molar-refractivity contribution >= 4 is 28.2 Å². The van der Waals surface area contributed by atoms with Crippen LogP contribution in [0.4, 0.5) is 15.8 Å². The Bertz CT molecular complexity index is 1520. The van der Waals surface area contributed by atoms with E-state index >= 15 is 0 Å². The number of pyridine rings is 1. The monoisotopic (exact) mass is 445 g/mol. The molecule has 4 aromatic rings. The van der Waals surface area contributed by atoms with Crippen LogP contribution in [0.5, 0.6) is 0 Å². The second-order valence-electron chi connectivity index (χ2n) is 8.38. The van der Waals surface area contributed by atoms with Gasteiger partial charge in [-0.15, -0.1) is 5.53 Å². The van der Waals surface area contributed by atoms with E-state index in [1.165, 1.54) is 12.3 Å². The molecule has 0 radical (unpaired) electrons. The van der Waals surface area contributed by atoms with Crippen molar-refractivity contribution in [2.75, 3.05) is 10.9 Å². The molecule has 0 bridgehead atoms. The van der Waals surface area contributed by atoms with E-state index in [0.29, 0.717) is 33.4 Å². The molecule has 9 heteroatoms. The number of nitrogens with one attached hydrogen (secondary N) is 4. The first-order valence-electron chi connectivity index (χ1n) is 10.7. The van der Waals surface area contributed by atoms with Crippen LogP contribution in [0.25, 0.3) is 22.0 Å². The van der Waals surface area contributed by atoms with Crippen molar-refractivity contribution in [2.45, 2.75) is 25.8 Å². The van der Waals surface area contributed by atoms with E-state index < -0.39 is 11.8 Å². The summed E-state index contributed by atoms with van der Waals surface area (Å²) >= 11 is 0. The van der Waals surface area contributed by atoms with Gasteiger partial charge in [0.25, 0.3) is 5.56 Å². The molecule has 0 saturated heterocycles. The average Bonchev–Trinajstić information content (AvgIpc) is 3.50. The molecule has 33 heavy (non-hydrogen) atoms. The third-order valence-electron chi connectivity index (χ3n) is 6.48. The molecule has 0 amide bonds. The first kappa shape index (κ1) is 19.6. The minimum absolute atomic E-state index is 0.00243. The zero-order chi connectivity index (χ0) is 22.7. The summed E-state index contributed by atoms with van der Waals surface area (Å²) in [6.07, 6.45) is 4.36. The number of carboxylic acids is 1. The molecule has 6 rings (SSSR count). The fourth-order valence-electron chi connectivity index (χ4n) is 4.98. The van der Waals surface area contributed by atoms with Gasteiger partial charge >= 0.3 is 5.97 Å². The molecule has 0 fully saturated rings. The molecule has 0 unspecified atom stereocenters. The summed E-state index contributed by atoms with van der Waals surface area (Å²) in [6, 6.07) is 10.3. The van der Waals surface area contributed by atoms with Crippen molar-refractivity contribution in [3.05, 3.63) is 81.2 Å². The van der Waals surface area contributed by atoms with E-state index in [2.05, 4.69) is 21.4 Å². The molecule has 1 aliphatic carbocycles. The number of benzene rings is 2. The quantitative estimate of drug-likeness (QED) is 0.328. The van der Waals surface area contributed by atoms with Gasteiger partial charge in [0.05, 0.1) is 17.9 Å². The van der Waals surface area contributed by atoms with Gasteiger partial charge in [-0.1, -0.05) is 0 Å². The Labute approximate surface area is 187 Å². The molecule has 0 spiro atoms. The van der Waals surface area contributed by atoms with Crippen LogP contribution in [0.3, 0.4) is 0 Å². The van der Waals surface area contributed by atoms with Gasteiger partial charge in [0, 0.05) is 39.9 Å². The maximum Gasteiger partial charge on any atom is 0.353 e. The summed E-state index contributed by atoms with van der Waals surface area (Å²) in [5.41, 5.74) is 13.2. The SMILES string of the molecule is O=C(O)c1c(-c2ccc[nH]c2=O)c2cc3c(cc2n1Cc1cc2c(cc1F)NNN2)CCC3. The number of aryl methyl sites for hydroxylation is 2. The van der Waals surface area contributed by atoms with Crippen LogP contribution >= 0.6 is 0 Å². The van der Waals surface area contributed by atoms with Gasteiger partial charge < -0.3 is 25.5 Å². The number of aromatic amines is 1. The summed E-state index contributed by atoms with van der Waals surface area (Å²) in [6.45, 7) is 0.00243. The number of hydrazine groups is 2. The lowest BCUT2D eigenvalue weighted by Crippen LogP contribution is -2.19. The number of rotatable bonds is 4. The smallest absolute Gasteiger partial charge is 0.353 e. The van der Waals surface area contributed by atoms with Crippen LogP contribution in [-0.4, -0.2) is 20.6 Å². The Hall–Kier alpha value is -4.11. The van der Waals surface area contributed by atoms with Gasteiger partial charge in [-0.05, 0) is 60.7 Å². The molecule has 2 aromatic heterocycles. The fourth-order valence-corrected chi connectivity index (χ4v) is 4.98. The highest BCUT2D eigenvalue weighted by Crippen LogP contribution is 2.38. The number of fused-ring (bicyclic) bond motifs is 3. The van der Waals surface area contributed by atoms with Crippen molar-refractivity contribution < 1.29 is 14.3 Å². The Morgan fingerprint density at radius 2 is 1.85 bits per heavy atom. The Morgan fingerprint density at radius 3 is 2.61 bits per heavy atom. The number of carbonyl (C=O) groups is 1. The largest absolute Gasteiger partial charge is 0.477 e. The summed E-state index contributed by atoms with van der Waals surface area (Å²) in [5.74, 6) is -1.63. The lowest BCUT2D eigenvalue weighted by Gasteiger charge is -2.12. The Balaban J connectivity index is 1.65. The highest BCUT2D eigenvalue weighted by Gasteiger charge is 2.28. The molecule has 3 heterocycles. The van der Waals surface area contributed by atoms with Gasteiger partial charge in [0.2, 0.25) is 0 Å². The van der Waals surface area contributed by atoms with Crippen LogP contribution in [0, 0.1) is 5.82 Å². The van der Waals surface area contributed by atoms with Gasteiger partial charge in [-0.3, -0.25) is 4.79 Å². The third kappa shape index (κ3) is 3.00. The number of carboxylic acid groups (broad SMARTS) is 1. The first-order valence-corrected chi connectivity index (χ1v) is 10.7. The lowest BCUT2D eigenvalue weighted by atomic mass is 10.00. The second kappa shape index (κ2) is 7.21. The number of hydrogen-bond donors (Lipinski definition) is 5. The summed E-state index contributed by atoms with van der Waals surface area (Å²) in [5, 5.41) is 10.9. The van der Waals surface area contributed by atoms with E-state index in [4.69, 9.17) is 0 Å². The average molecular weight is 445 g/mol. The number of aromatic nitrogens is 2. The number of H-pyrrole nitrogens is 1. The normalized spacial score (nSPS) is 14.1. The lowest BCUT2D eigenvalue weighted by molar-refractivity contribution is 0.0687. The molecule has 166 valence electrons. The molecule has 2 aromatic carbocycles. The summed E-state index contributed by atoms with van der Waals surface area (Å²) in [4.78, 5) is 27.9. The van der Waals surface area contributed by atoms with E-state index in [1.54, 1.807) is 22.8 Å². The maximum absolute atomic E-state index is 15.0. The van der Waals surface area contributed by atoms with Gasteiger partial charge in [-0.2, -0.15) is 0 Å². The van der Waals surface area contributed by atoms with E-state index in [1.807, 2.05) is 12.1 Å². The van der Waals surface area contributed by atoms with Crippen molar-refractivity contribution in [1.29, 1.82) is 0 Å². The van der Waals surface area contributed by atoms with Crippen molar-refractivity contribution in [2.24, 2.45) is 0 Å². The highest BCUT2D eigenvalue weighted by atomic mass is 19.1. The number of aromatic carboxylic acids is 1. The predicted molar refractivity (Wildman–Crippen MR) is 123 cm³/mol. The summed E-state index contributed by atoms with van der Waals surface area (Å²) in [7, 11) is 0. The standard InChI is InChI=1S/C24H20FN5O3/c25-17-10-19-18(27-29-28-19)8-14(17)11-30-20-9-13-4-1-3-12(13)7-16(20)21(22(30)24(32)33)15-5-2-6-26-23(15)31/h2,5-10,27-29H,1,3-4,11H2,(H,26,31)(H,32,33). The van der Waals surface area contributed by atoms with E-state index in [9.17, 15) is 19.1 Å². The summed E-state index contributed by atoms with van der Waals surface area (Å²) < 4.78 is 16.6. The number of nitrogens with zero attached hydrogens (tertiary/aromatic N) is 1. The number of anilines is 2. The third-order valence-corrected chi connectivity index (χ3v) is 6.48. The minimum Gasteiger partial charge on any atom is -0.477 e. The van der Waals surface area contributed by atoms with Crippen molar-refractivity contribution in [3.63, 3.8) is 0 Å². The molecule has 2 aliphatic rings. The Morgan fingerprint density at radius 1 is 1.09 bits per heavy atom. The van der Waals surface area contributed by atoms with Crippen LogP contribution in [0.1, 0.15) is 33.6 Å². The van der Waals surface area contributed by atoms with E-state index in [0.717, 1.165) is 30.4 Å². The zero-order valence-corrected chi connectivity index (χ0v) is 17.5. The Kier molecular flexibility index (Phi) is 4.27. The molecular formula is C24H20FN5O3. The first-order chi connectivity index (χ1) is 16.0. The van der Waals surface area contributed by atoms with Crippen LogP contribution in [-0.2, 0) is 19.4 Å². The minimum atomic E-state index is -1.17. The van der Waals surface area contributed by atoms with Gasteiger partial charge in [-0.25, -0.2) is 9.18 Å². The highest BCUT2D eigenvalue weighted by molar-refractivity contribution is 6.08. The molecular weight excluding hydrogens is 425 g/mol. The molecule has 1 aliphatic heterocycles. The van der Waals surface area contributed by atoms with E-state index in [-0.39, 0.29) is 23.4 Å². The van der Waals surface area contributed by atoms with Crippen LogP contribution in [0.15, 0.2) is 47.4 Å². The maximum atomic E-state index is 15.0. The molecule has 8 nitrogen and oxygen atoms in total. The molecule has 0 saturated carbocycles. The van der Waals surface area contributed by atoms with Crippen molar-refractivity contribution in [3.8, 4) is 11.1 Å². The predicted octanol–water partition coefficient (Wildman–Crippen LogP) is 3.63. The molecule has 5 N–H and O–H groups in total. The van der Waals surface area contributed by atoms with Crippen LogP contribution < -0.4 is 21.9 Å². The van der Waals surface area contributed by atoms with Crippen LogP contribution in [0.2, 0.25) is 0 Å². The van der Waals surface area contributed by atoms with Gasteiger partial charge in [0.15, 0.2) is 0 Å². The second-order valence-corrected chi connectivity index (χ2v) is 8.38. The molecule has 0 atom stereocenters. The fraction of sp³-hybridized carbons (Fsp3) is 0.167. The topological polar surface area (TPSA) is 111 Å². The van der Waals surface area contributed by atoms with Gasteiger partial charge in [0.1, 0.15) is 11.5 Å². The zero-order valence-electron chi connectivity index (χ0n) is 17.5. The number of hydrogen-bond acceptors (Lipinski definition) is 5.